The molecule has 0 atom stereocenters. The molecule has 0 unspecified atom stereocenters. The fourth-order valence-electron chi connectivity index (χ4n) is 2.74. The molecule has 2 N–H and O–H groups in total. The monoisotopic (exact) mass is 331 g/mol. The van der Waals surface area contributed by atoms with E-state index in [1.54, 1.807) is 18.2 Å². The number of aromatic nitrogens is 3. The first-order valence-corrected chi connectivity index (χ1v) is 7.13. The molecule has 0 aliphatic carbocycles. The molecule has 0 aliphatic rings. The second kappa shape index (κ2) is 5.48. The lowest BCUT2D eigenvalue weighted by Crippen LogP contribution is -2.36. The molecule has 8 nitrogen and oxygen atoms in total. The molecule has 0 fully saturated rings. The minimum absolute atomic E-state index is 0.136. The molecule has 0 radical (unpaired) electrons. The van der Waals surface area contributed by atoms with Gasteiger partial charge in [0.25, 0.3) is 5.56 Å². The first-order valence-electron chi connectivity index (χ1n) is 7.13. The fourth-order valence-corrected chi connectivity index (χ4v) is 2.74. The Morgan fingerprint density at radius 3 is 2.42 bits per heavy atom. The number of nitrogens with one attached hydrogen (secondary N) is 1. The Morgan fingerprint density at radius 2 is 1.79 bits per heavy atom. The van der Waals surface area contributed by atoms with Crippen molar-refractivity contribution in [3.8, 4) is 28.5 Å². The highest BCUT2D eigenvalue weighted by molar-refractivity contribution is 5.92. The summed E-state index contributed by atoms with van der Waals surface area (Å²) in [6.07, 6.45) is 0. The van der Waals surface area contributed by atoms with Crippen molar-refractivity contribution < 1.29 is 14.6 Å². The zero-order valence-electron chi connectivity index (χ0n) is 13.7. The average molecular weight is 331 g/mol. The molecule has 3 rings (SSSR count). The van der Waals surface area contributed by atoms with Crippen LogP contribution in [0.1, 0.15) is 0 Å². The number of aryl methyl sites for hydroxylation is 1. The number of benzene rings is 1. The molecule has 3 aromatic rings. The standard InChI is InChI=1S/C16H17N3O5/c1-18-13-12(15(21)19(2)16(18)22)17-11(14(13)20)9-7-8(23-3)5-6-10(9)24-4/h5-7,17,20H,1-4H3. The van der Waals surface area contributed by atoms with Gasteiger partial charge in [-0.2, -0.15) is 0 Å². The summed E-state index contributed by atoms with van der Waals surface area (Å²) in [5.74, 6) is 0.846. The Hall–Kier alpha value is -3.16. The van der Waals surface area contributed by atoms with Crippen LogP contribution >= 0.6 is 0 Å². The number of aromatic amines is 1. The highest BCUT2D eigenvalue weighted by atomic mass is 16.5. The molecule has 0 amide bonds. The topological polar surface area (TPSA) is 98.5 Å². The number of fused-ring (bicyclic) bond motifs is 1. The van der Waals surface area contributed by atoms with Crippen molar-refractivity contribution in [3.05, 3.63) is 39.0 Å². The van der Waals surface area contributed by atoms with Crippen LogP contribution in [0.15, 0.2) is 27.8 Å². The van der Waals surface area contributed by atoms with E-state index in [1.165, 1.54) is 32.9 Å². The van der Waals surface area contributed by atoms with Gasteiger partial charge in [0.05, 0.1) is 19.9 Å². The molecule has 0 saturated carbocycles. The lowest BCUT2D eigenvalue weighted by atomic mass is 10.1. The molecule has 8 heteroatoms. The normalized spacial score (nSPS) is 11.0. The molecule has 1 aromatic carbocycles. The smallest absolute Gasteiger partial charge is 0.331 e. The first kappa shape index (κ1) is 15.7. The van der Waals surface area contributed by atoms with Crippen molar-refractivity contribution in [1.82, 2.24) is 14.1 Å². The van der Waals surface area contributed by atoms with Crippen LogP contribution in [0.25, 0.3) is 22.3 Å². The minimum atomic E-state index is -0.522. The molecule has 0 saturated heterocycles. The van der Waals surface area contributed by atoms with Gasteiger partial charge in [0.2, 0.25) is 0 Å². The SMILES string of the molecule is COc1ccc(OC)c(-c2[nH]c3c(=O)n(C)c(=O)n(C)c3c2O)c1. The Morgan fingerprint density at radius 1 is 1.08 bits per heavy atom. The molecule has 24 heavy (non-hydrogen) atoms. The number of ether oxygens (including phenoxy) is 2. The number of hydrogen-bond acceptors (Lipinski definition) is 5. The Labute approximate surface area is 136 Å². The van der Waals surface area contributed by atoms with Gasteiger partial charge < -0.3 is 19.6 Å². The number of nitrogens with zero attached hydrogens (tertiary/aromatic N) is 2. The van der Waals surface area contributed by atoms with Gasteiger partial charge in [-0.15, -0.1) is 0 Å². The Balaban J connectivity index is 2.44. The molecule has 2 heterocycles. The van der Waals surface area contributed by atoms with E-state index in [9.17, 15) is 14.7 Å². The van der Waals surface area contributed by atoms with Crippen LogP contribution in [-0.4, -0.2) is 33.4 Å². The van der Waals surface area contributed by atoms with E-state index in [2.05, 4.69) is 4.98 Å². The average Bonchev–Trinajstić information content (AvgIpc) is 2.94. The number of H-pyrrole nitrogens is 1. The molecule has 0 aliphatic heterocycles. The number of rotatable bonds is 3. The summed E-state index contributed by atoms with van der Waals surface area (Å²) >= 11 is 0. The largest absolute Gasteiger partial charge is 0.504 e. The molecule has 0 bridgehead atoms. The number of methoxy groups -OCH3 is 2. The maximum atomic E-state index is 12.3. The zero-order chi connectivity index (χ0) is 17.6. The summed E-state index contributed by atoms with van der Waals surface area (Å²) in [7, 11) is 5.90. The second-order valence-electron chi connectivity index (χ2n) is 5.34. The quantitative estimate of drug-likeness (QED) is 0.745. The van der Waals surface area contributed by atoms with Gasteiger partial charge in [-0.3, -0.25) is 13.9 Å². The van der Waals surface area contributed by atoms with Crippen LogP contribution in [0.3, 0.4) is 0 Å². The van der Waals surface area contributed by atoms with Gasteiger partial charge in [0.15, 0.2) is 5.75 Å². The highest BCUT2D eigenvalue weighted by Gasteiger charge is 2.21. The Bertz CT molecular complexity index is 1060. The van der Waals surface area contributed by atoms with Crippen molar-refractivity contribution in [2.45, 2.75) is 0 Å². The summed E-state index contributed by atoms with van der Waals surface area (Å²) < 4.78 is 12.7. The molecule has 126 valence electrons. The summed E-state index contributed by atoms with van der Waals surface area (Å²) in [5.41, 5.74) is 0.0292. The highest BCUT2D eigenvalue weighted by Crippen LogP contribution is 2.40. The van der Waals surface area contributed by atoms with E-state index >= 15 is 0 Å². The molecular formula is C16H17N3O5. The van der Waals surface area contributed by atoms with Crippen molar-refractivity contribution in [3.63, 3.8) is 0 Å². The van der Waals surface area contributed by atoms with Gasteiger partial charge in [-0.1, -0.05) is 0 Å². The van der Waals surface area contributed by atoms with Crippen LogP contribution in [0.5, 0.6) is 17.2 Å². The summed E-state index contributed by atoms with van der Waals surface area (Å²) in [6, 6.07) is 5.08. The van der Waals surface area contributed by atoms with E-state index in [4.69, 9.17) is 9.47 Å². The third kappa shape index (κ3) is 2.07. The van der Waals surface area contributed by atoms with Crippen LogP contribution in [-0.2, 0) is 14.1 Å². The van der Waals surface area contributed by atoms with Crippen LogP contribution in [0.4, 0.5) is 0 Å². The third-order valence-corrected chi connectivity index (χ3v) is 4.05. The van der Waals surface area contributed by atoms with E-state index in [1.807, 2.05) is 0 Å². The van der Waals surface area contributed by atoms with Gasteiger partial charge in [0.1, 0.15) is 22.5 Å². The van der Waals surface area contributed by atoms with Crippen LogP contribution in [0, 0.1) is 0 Å². The number of aromatic hydroxyl groups is 1. The summed E-state index contributed by atoms with van der Waals surface area (Å²) in [6.45, 7) is 0. The van der Waals surface area contributed by atoms with Crippen molar-refractivity contribution in [2.24, 2.45) is 14.1 Å². The van der Waals surface area contributed by atoms with E-state index in [0.717, 1.165) is 4.57 Å². The predicted octanol–water partition coefficient (Wildman–Crippen LogP) is 0.955. The third-order valence-electron chi connectivity index (χ3n) is 4.05. The molecular weight excluding hydrogens is 314 g/mol. The maximum Gasteiger partial charge on any atom is 0.331 e. The summed E-state index contributed by atoms with van der Waals surface area (Å²) in [5, 5.41) is 10.6. The maximum absolute atomic E-state index is 12.3. The van der Waals surface area contributed by atoms with Crippen molar-refractivity contribution in [2.75, 3.05) is 14.2 Å². The fraction of sp³-hybridized carbons (Fsp3) is 0.250. The van der Waals surface area contributed by atoms with Gasteiger partial charge in [-0.05, 0) is 18.2 Å². The molecule has 2 aromatic heterocycles. The minimum Gasteiger partial charge on any atom is -0.504 e. The van der Waals surface area contributed by atoms with E-state index in [0.29, 0.717) is 17.1 Å². The lowest BCUT2D eigenvalue weighted by molar-refractivity contribution is 0.404. The van der Waals surface area contributed by atoms with Gasteiger partial charge in [0, 0.05) is 19.7 Å². The van der Waals surface area contributed by atoms with E-state index in [-0.39, 0.29) is 22.5 Å². The second-order valence-corrected chi connectivity index (χ2v) is 5.34. The molecule has 0 spiro atoms. The number of hydrogen-bond donors (Lipinski definition) is 2. The van der Waals surface area contributed by atoms with Crippen LogP contribution in [0.2, 0.25) is 0 Å². The van der Waals surface area contributed by atoms with Crippen molar-refractivity contribution >= 4 is 11.0 Å². The zero-order valence-corrected chi connectivity index (χ0v) is 13.7. The van der Waals surface area contributed by atoms with Gasteiger partial charge >= 0.3 is 5.69 Å². The lowest BCUT2D eigenvalue weighted by Gasteiger charge is -2.09. The predicted molar refractivity (Wildman–Crippen MR) is 89.0 cm³/mol. The van der Waals surface area contributed by atoms with Crippen LogP contribution < -0.4 is 20.7 Å². The Kier molecular flexibility index (Phi) is 3.59. The summed E-state index contributed by atoms with van der Waals surface area (Å²) in [4.78, 5) is 27.3. The van der Waals surface area contributed by atoms with Crippen molar-refractivity contribution in [1.29, 1.82) is 0 Å². The van der Waals surface area contributed by atoms with E-state index < -0.39 is 11.2 Å². The van der Waals surface area contributed by atoms with Gasteiger partial charge in [-0.25, -0.2) is 4.79 Å². The first-order chi connectivity index (χ1) is 11.4.